The predicted octanol–water partition coefficient (Wildman–Crippen LogP) is 1.82. The van der Waals surface area contributed by atoms with Crippen LogP contribution in [0.25, 0.3) is 0 Å². The van der Waals surface area contributed by atoms with Gasteiger partial charge in [-0.15, -0.1) is 6.58 Å². The van der Waals surface area contributed by atoms with Gasteiger partial charge in [0, 0.05) is 13.1 Å². The SMILES string of the molecule is C=CCN1C(=O)[C@@H]2CCCN2C(=O)c2ccccc21. The van der Waals surface area contributed by atoms with Gasteiger partial charge < -0.3 is 9.80 Å². The van der Waals surface area contributed by atoms with E-state index >= 15 is 0 Å². The Morgan fingerprint density at radius 3 is 2.89 bits per heavy atom. The van der Waals surface area contributed by atoms with Gasteiger partial charge in [0.2, 0.25) is 5.91 Å². The average molecular weight is 256 g/mol. The van der Waals surface area contributed by atoms with Crippen LogP contribution in [0.4, 0.5) is 5.69 Å². The number of anilines is 1. The second-order valence-electron chi connectivity index (χ2n) is 4.91. The number of hydrogen-bond acceptors (Lipinski definition) is 2. The van der Waals surface area contributed by atoms with Crippen molar-refractivity contribution >= 4 is 17.5 Å². The van der Waals surface area contributed by atoms with E-state index in [0.29, 0.717) is 24.3 Å². The lowest BCUT2D eigenvalue weighted by Crippen LogP contribution is -2.44. The summed E-state index contributed by atoms with van der Waals surface area (Å²) >= 11 is 0. The standard InChI is InChI=1S/C15H16N2O2/c1-2-9-16-12-7-4-3-6-11(12)14(18)17-10-5-8-13(17)15(16)19/h2-4,6-7,13H,1,5,8-10H2/t13-/m0/s1. The molecule has 0 bridgehead atoms. The summed E-state index contributed by atoms with van der Waals surface area (Å²) in [6, 6.07) is 7.01. The first-order chi connectivity index (χ1) is 9.24. The molecule has 1 atom stereocenters. The molecule has 0 aromatic heterocycles. The average Bonchev–Trinajstić information content (AvgIpc) is 2.90. The smallest absolute Gasteiger partial charge is 0.256 e. The number of rotatable bonds is 2. The van der Waals surface area contributed by atoms with Crippen molar-refractivity contribution in [2.45, 2.75) is 18.9 Å². The maximum atomic E-state index is 12.6. The molecule has 2 heterocycles. The zero-order valence-corrected chi connectivity index (χ0v) is 10.7. The molecule has 2 aliphatic rings. The number of fused-ring (bicyclic) bond motifs is 2. The molecule has 1 fully saturated rings. The summed E-state index contributed by atoms with van der Waals surface area (Å²) < 4.78 is 0. The van der Waals surface area contributed by atoms with Crippen molar-refractivity contribution < 1.29 is 9.59 Å². The van der Waals surface area contributed by atoms with Crippen molar-refractivity contribution in [3.05, 3.63) is 42.5 Å². The van der Waals surface area contributed by atoms with Gasteiger partial charge in [0.1, 0.15) is 6.04 Å². The first kappa shape index (κ1) is 12.0. The van der Waals surface area contributed by atoms with E-state index < -0.39 is 0 Å². The van der Waals surface area contributed by atoms with Crippen LogP contribution in [-0.2, 0) is 4.79 Å². The number of amides is 2. The Morgan fingerprint density at radius 2 is 2.11 bits per heavy atom. The normalized spacial score (nSPS) is 22.0. The van der Waals surface area contributed by atoms with Gasteiger partial charge in [-0.25, -0.2) is 0 Å². The third kappa shape index (κ3) is 1.75. The highest BCUT2D eigenvalue weighted by Crippen LogP contribution is 2.32. The van der Waals surface area contributed by atoms with E-state index in [-0.39, 0.29) is 17.9 Å². The van der Waals surface area contributed by atoms with Crippen molar-refractivity contribution in [3.63, 3.8) is 0 Å². The molecule has 0 aliphatic carbocycles. The van der Waals surface area contributed by atoms with Crippen molar-refractivity contribution in [1.29, 1.82) is 0 Å². The Bertz CT molecular complexity index is 553. The second-order valence-corrected chi connectivity index (χ2v) is 4.91. The fraction of sp³-hybridized carbons (Fsp3) is 0.333. The first-order valence-electron chi connectivity index (χ1n) is 6.56. The molecule has 0 spiro atoms. The molecule has 3 rings (SSSR count). The van der Waals surface area contributed by atoms with Crippen molar-refractivity contribution in [3.8, 4) is 0 Å². The van der Waals surface area contributed by atoms with Gasteiger partial charge in [0.25, 0.3) is 5.91 Å². The molecule has 4 heteroatoms. The highest BCUT2D eigenvalue weighted by molar-refractivity contribution is 6.11. The minimum Gasteiger partial charge on any atom is -0.327 e. The minimum atomic E-state index is -0.306. The fourth-order valence-corrected chi connectivity index (χ4v) is 2.93. The molecule has 0 saturated carbocycles. The van der Waals surface area contributed by atoms with E-state index in [1.165, 1.54) is 0 Å². The molecular formula is C15H16N2O2. The molecule has 2 aliphatic heterocycles. The van der Waals surface area contributed by atoms with E-state index in [0.717, 1.165) is 12.8 Å². The van der Waals surface area contributed by atoms with Crippen LogP contribution in [0.5, 0.6) is 0 Å². The van der Waals surface area contributed by atoms with E-state index in [4.69, 9.17) is 0 Å². The summed E-state index contributed by atoms with van der Waals surface area (Å²) in [5.41, 5.74) is 1.31. The molecule has 0 N–H and O–H groups in total. The zero-order chi connectivity index (χ0) is 13.4. The molecule has 0 unspecified atom stereocenters. The van der Waals surface area contributed by atoms with Crippen LogP contribution in [0.2, 0.25) is 0 Å². The Kier molecular flexibility index (Phi) is 2.85. The molecule has 1 aromatic rings. The van der Waals surface area contributed by atoms with Gasteiger partial charge in [-0.05, 0) is 25.0 Å². The van der Waals surface area contributed by atoms with Gasteiger partial charge in [0.05, 0.1) is 11.3 Å². The van der Waals surface area contributed by atoms with Gasteiger partial charge in [0.15, 0.2) is 0 Å². The molecule has 2 amide bonds. The number of carbonyl (C=O) groups excluding carboxylic acids is 2. The first-order valence-corrected chi connectivity index (χ1v) is 6.56. The third-order valence-corrected chi connectivity index (χ3v) is 3.80. The molecule has 1 saturated heterocycles. The summed E-state index contributed by atoms with van der Waals surface area (Å²) in [5.74, 6) is -0.0197. The maximum absolute atomic E-state index is 12.6. The van der Waals surface area contributed by atoms with Gasteiger partial charge >= 0.3 is 0 Å². The number of benzene rings is 1. The minimum absolute atomic E-state index is 0.00991. The highest BCUT2D eigenvalue weighted by Gasteiger charge is 2.41. The highest BCUT2D eigenvalue weighted by atomic mass is 16.2. The molecule has 19 heavy (non-hydrogen) atoms. The van der Waals surface area contributed by atoms with Gasteiger partial charge in [-0.2, -0.15) is 0 Å². The van der Waals surface area contributed by atoms with Crippen LogP contribution in [-0.4, -0.2) is 35.8 Å². The van der Waals surface area contributed by atoms with Crippen LogP contribution in [0.3, 0.4) is 0 Å². The Hall–Kier alpha value is -2.10. The van der Waals surface area contributed by atoms with Crippen LogP contribution < -0.4 is 4.90 Å². The summed E-state index contributed by atoms with van der Waals surface area (Å²) in [6.07, 6.45) is 3.35. The number of nitrogens with zero attached hydrogens (tertiary/aromatic N) is 2. The summed E-state index contributed by atoms with van der Waals surface area (Å²) in [6.45, 7) is 4.81. The maximum Gasteiger partial charge on any atom is 0.256 e. The Labute approximate surface area is 112 Å². The van der Waals surface area contributed by atoms with Crippen LogP contribution in [0.15, 0.2) is 36.9 Å². The third-order valence-electron chi connectivity index (χ3n) is 3.80. The Morgan fingerprint density at radius 1 is 1.32 bits per heavy atom. The zero-order valence-electron chi connectivity index (χ0n) is 10.7. The Balaban J connectivity index is 2.15. The monoisotopic (exact) mass is 256 g/mol. The fourth-order valence-electron chi connectivity index (χ4n) is 2.93. The number of carbonyl (C=O) groups is 2. The van der Waals surface area contributed by atoms with Crippen LogP contribution in [0.1, 0.15) is 23.2 Å². The quantitative estimate of drug-likeness (QED) is 0.757. The number of hydrogen-bond donors (Lipinski definition) is 0. The number of para-hydroxylation sites is 1. The predicted molar refractivity (Wildman–Crippen MR) is 73.1 cm³/mol. The van der Waals surface area contributed by atoms with Crippen molar-refractivity contribution in [2.24, 2.45) is 0 Å². The molecule has 98 valence electrons. The lowest BCUT2D eigenvalue weighted by Gasteiger charge is -2.24. The second kappa shape index (κ2) is 4.53. The molecule has 0 radical (unpaired) electrons. The topological polar surface area (TPSA) is 40.6 Å². The summed E-state index contributed by atoms with van der Waals surface area (Å²) in [5, 5.41) is 0. The van der Waals surface area contributed by atoms with Crippen LogP contribution >= 0.6 is 0 Å². The van der Waals surface area contributed by atoms with Crippen LogP contribution in [0, 0.1) is 0 Å². The van der Waals surface area contributed by atoms with E-state index in [2.05, 4.69) is 6.58 Å². The largest absolute Gasteiger partial charge is 0.327 e. The molecular weight excluding hydrogens is 240 g/mol. The summed E-state index contributed by atoms with van der Waals surface area (Å²) in [4.78, 5) is 28.5. The van der Waals surface area contributed by atoms with Gasteiger partial charge in [-0.1, -0.05) is 18.2 Å². The van der Waals surface area contributed by atoms with Crippen molar-refractivity contribution in [1.82, 2.24) is 4.90 Å². The van der Waals surface area contributed by atoms with E-state index in [1.807, 2.05) is 18.2 Å². The van der Waals surface area contributed by atoms with E-state index in [9.17, 15) is 9.59 Å². The van der Waals surface area contributed by atoms with E-state index in [1.54, 1.807) is 21.9 Å². The molecule has 1 aromatic carbocycles. The summed E-state index contributed by atoms with van der Waals surface area (Å²) in [7, 11) is 0. The lowest BCUT2D eigenvalue weighted by atomic mass is 10.1. The van der Waals surface area contributed by atoms with Crippen molar-refractivity contribution in [2.75, 3.05) is 18.0 Å². The molecule has 4 nitrogen and oxygen atoms in total. The lowest BCUT2D eigenvalue weighted by molar-refractivity contribution is -0.121. The van der Waals surface area contributed by atoms with Gasteiger partial charge in [-0.3, -0.25) is 9.59 Å².